The highest BCUT2D eigenvalue weighted by molar-refractivity contribution is 9.11. The van der Waals surface area contributed by atoms with E-state index in [2.05, 4.69) is 15.9 Å². The molecule has 0 aliphatic carbocycles. The summed E-state index contributed by atoms with van der Waals surface area (Å²) in [6, 6.07) is 8.77. The van der Waals surface area contributed by atoms with Crippen LogP contribution in [0.4, 0.5) is 0 Å². The fourth-order valence-electron chi connectivity index (χ4n) is 1.70. The molecular weight excluding hydrogens is 326 g/mol. The molecule has 1 heterocycles. The minimum Gasteiger partial charge on any atom is -0.508 e. The number of phenolic OH excluding ortho intramolecular Hbond substituents is 1. The summed E-state index contributed by atoms with van der Waals surface area (Å²) in [4.78, 5) is 14.6. The number of nitrogens with zero attached hydrogens (tertiary/aromatic N) is 1. The normalized spacial score (nSPS) is 10.5. The number of hydrogen-bond donors (Lipinski definition) is 1. The molecule has 0 aliphatic heterocycles. The van der Waals surface area contributed by atoms with Gasteiger partial charge in [-0.15, -0.1) is 11.3 Å². The van der Waals surface area contributed by atoms with Gasteiger partial charge in [0.25, 0.3) is 5.91 Å². The maximum atomic E-state index is 12.2. The summed E-state index contributed by atoms with van der Waals surface area (Å²) in [5.74, 6) is 0.238. The Balaban J connectivity index is 2.09. The lowest BCUT2D eigenvalue weighted by molar-refractivity contribution is 0.0790. The molecule has 0 atom stereocenters. The molecule has 0 saturated heterocycles. The van der Waals surface area contributed by atoms with Gasteiger partial charge >= 0.3 is 0 Å². The second-order valence-corrected chi connectivity index (χ2v) is 6.77. The fraction of sp³-hybridized carbons (Fsp3) is 0.214. The van der Waals surface area contributed by atoms with Crippen LogP contribution in [0.3, 0.4) is 0 Å². The van der Waals surface area contributed by atoms with E-state index in [0.29, 0.717) is 6.54 Å². The smallest absolute Gasteiger partial charge is 0.264 e. The van der Waals surface area contributed by atoms with Gasteiger partial charge in [0.2, 0.25) is 0 Å². The number of amides is 1. The van der Waals surface area contributed by atoms with Crippen molar-refractivity contribution >= 4 is 33.2 Å². The van der Waals surface area contributed by atoms with Gasteiger partial charge in [-0.2, -0.15) is 0 Å². The summed E-state index contributed by atoms with van der Waals surface area (Å²) in [6.07, 6.45) is 0. The van der Waals surface area contributed by atoms with Crippen LogP contribution in [0.1, 0.15) is 20.8 Å². The van der Waals surface area contributed by atoms with E-state index in [1.165, 1.54) is 11.3 Å². The number of aromatic hydroxyl groups is 1. The van der Waals surface area contributed by atoms with Crippen LogP contribution < -0.4 is 0 Å². The van der Waals surface area contributed by atoms with E-state index in [1.807, 2.05) is 25.1 Å². The summed E-state index contributed by atoms with van der Waals surface area (Å²) >= 11 is 4.88. The first-order valence-corrected chi connectivity index (χ1v) is 7.37. The molecule has 5 heteroatoms. The van der Waals surface area contributed by atoms with Crippen molar-refractivity contribution in [3.8, 4) is 5.75 Å². The van der Waals surface area contributed by atoms with Crippen LogP contribution in [0, 0.1) is 6.92 Å². The standard InChI is InChI=1S/C14H14BrNO2S/c1-9-7-12(19-13(9)15)14(18)16(2)8-10-3-5-11(17)6-4-10/h3-7,17H,8H2,1-2H3. The third-order valence-electron chi connectivity index (χ3n) is 2.77. The van der Waals surface area contributed by atoms with Crippen molar-refractivity contribution in [2.24, 2.45) is 0 Å². The van der Waals surface area contributed by atoms with Crippen molar-refractivity contribution < 1.29 is 9.90 Å². The number of benzene rings is 1. The summed E-state index contributed by atoms with van der Waals surface area (Å²) in [7, 11) is 1.78. The third-order valence-corrected chi connectivity index (χ3v) is 4.90. The molecule has 19 heavy (non-hydrogen) atoms. The Morgan fingerprint density at radius 1 is 1.37 bits per heavy atom. The minimum absolute atomic E-state index is 0.00637. The van der Waals surface area contributed by atoms with E-state index in [9.17, 15) is 9.90 Å². The van der Waals surface area contributed by atoms with Crippen LogP contribution in [0.5, 0.6) is 5.75 Å². The average molecular weight is 340 g/mol. The Hall–Kier alpha value is -1.33. The number of halogens is 1. The molecular formula is C14H14BrNO2S. The molecule has 0 radical (unpaired) electrons. The quantitative estimate of drug-likeness (QED) is 0.923. The SMILES string of the molecule is Cc1cc(C(=O)N(C)Cc2ccc(O)cc2)sc1Br. The predicted molar refractivity (Wildman–Crippen MR) is 80.7 cm³/mol. The zero-order chi connectivity index (χ0) is 14.0. The van der Waals surface area contributed by atoms with E-state index >= 15 is 0 Å². The Morgan fingerprint density at radius 2 is 2.00 bits per heavy atom. The molecule has 0 spiro atoms. The Kier molecular flexibility index (Phi) is 4.27. The Labute approximate surface area is 124 Å². The van der Waals surface area contributed by atoms with E-state index in [1.54, 1.807) is 24.1 Å². The molecule has 2 aromatic rings. The number of phenols is 1. The number of aryl methyl sites for hydroxylation is 1. The van der Waals surface area contributed by atoms with Crippen molar-refractivity contribution in [3.05, 3.63) is 50.1 Å². The monoisotopic (exact) mass is 339 g/mol. The number of carbonyl (C=O) groups is 1. The van der Waals surface area contributed by atoms with E-state index in [-0.39, 0.29) is 11.7 Å². The van der Waals surface area contributed by atoms with Gasteiger partial charge in [0.15, 0.2) is 0 Å². The van der Waals surface area contributed by atoms with Crippen LogP contribution in [-0.2, 0) is 6.54 Å². The zero-order valence-electron chi connectivity index (χ0n) is 10.7. The average Bonchev–Trinajstić information content (AvgIpc) is 2.71. The van der Waals surface area contributed by atoms with Crippen LogP contribution in [0.2, 0.25) is 0 Å². The molecule has 1 aromatic carbocycles. The molecule has 100 valence electrons. The lowest BCUT2D eigenvalue weighted by Gasteiger charge is -2.16. The second kappa shape index (κ2) is 5.75. The summed E-state index contributed by atoms with van der Waals surface area (Å²) in [5.41, 5.74) is 2.06. The van der Waals surface area contributed by atoms with Crippen molar-refractivity contribution in [3.63, 3.8) is 0 Å². The van der Waals surface area contributed by atoms with Gasteiger partial charge in [0.1, 0.15) is 5.75 Å². The maximum absolute atomic E-state index is 12.2. The Bertz CT molecular complexity index is 572. The van der Waals surface area contributed by atoms with E-state index < -0.39 is 0 Å². The number of thiophene rings is 1. The molecule has 2 rings (SSSR count). The summed E-state index contributed by atoms with van der Waals surface area (Å²) in [6.45, 7) is 2.49. The van der Waals surface area contributed by atoms with E-state index in [4.69, 9.17) is 0 Å². The number of carbonyl (C=O) groups excluding carboxylic acids is 1. The van der Waals surface area contributed by atoms with Crippen LogP contribution in [0.25, 0.3) is 0 Å². The van der Waals surface area contributed by atoms with Crippen molar-refractivity contribution in [1.29, 1.82) is 0 Å². The van der Waals surface area contributed by atoms with Crippen LogP contribution >= 0.6 is 27.3 Å². The lowest BCUT2D eigenvalue weighted by atomic mass is 10.2. The van der Waals surface area contributed by atoms with Crippen LogP contribution in [-0.4, -0.2) is 23.0 Å². The largest absolute Gasteiger partial charge is 0.508 e. The molecule has 1 N–H and O–H groups in total. The van der Waals surface area contributed by atoms with Crippen LogP contribution in [0.15, 0.2) is 34.1 Å². The highest BCUT2D eigenvalue weighted by Gasteiger charge is 2.15. The highest BCUT2D eigenvalue weighted by atomic mass is 79.9. The zero-order valence-corrected chi connectivity index (χ0v) is 13.1. The summed E-state index contributed by atoms with van der Waals surface area (Å²) < 4.78 is 0.994. The number of hydrogen-bond acceptors (Lipinski definition) is 3. The second-order valence-electron chi connectivity index (χ2n) is 4.40. The molecule has 1 aromatic heterocycles. The molecule has 0 aliphatic rings. The minimum atomic E-state index is 0.00637. The van der Waals surface area contributed by atoms with Crippen molar-refractivity contribution in [2.45, 2.75) is 13.5 Å². The van der Waals surface area contributed by atoms with E-state index in [0.717, 1.165) is 19.8 Å². The topological polar surface area (TPSA) is 40.5 Å². The van der Waals surface area contributed by atoms with Gasteiger partial charge in [0, 0.05) is 13.6 Å². The lowest BCUT2D eigenvalue weighted by Crippen LogP contribution is -2.25. The molecule has 3 nitrogen and oxygen atoms in total. The third kappa shape index (κ3) is 3.36. The van der Waals surface area contributed by atoms with Gasteiger partial charge in [-0.05, 0) is 52.2 Å². The molecule has 0 bridgehead atoms. The van der Waals surface area contributed by atoms with Gasteiger partial charge in [-0.3, -0.25) is 4.79 Å². The Morgan fingerprint density at radius 3 is 2.53 bits per heavy atom. The maximum Gasteiger partial charge on any atom is 0.264 e. The summed E-state index contributed by atoms with van der Waals surface area (Å²) in [5, 5.41) is 9.23. The first-order chi connectivity index (χ1) is 8.97. The van der Waals surface area contributed by atoms with Gasteiger partial charge in [-0.1, -0.05) is 12.1 Å². The predicted octanol–water partition coefficient (Wildman–Crippen LogP) is 3.80. The molecule has 0 saturated carbocycles. The number of rotatable bonds is 3. The van der Waals surface area contributed by atoms with Crippen molar-refractivity contribution in [1.82, 2.24) is 4.90 Å². The fourth-order valence-corrected chi connectivity index (χ4v) is 3.23. The molecule has 1 amide bonds. The highest BCUT2D eigenvalue weighted by Crippen LogP contribution is 2.28. The molecule has 0 unspecified atom stereocenters. The first kappa shape index (κ1) is 14.1. The van der Waals surface area contributed by atoms with Gasteiger partial charge in [0.05, 0.1) is 8.66 Å². The molecule has 0 fully saturated rings. The van der Waals surface area contributed by atoms with Crippen molar-refractivity contribution in [2.75, 3.05) is 7.05 Å². The van der Waals surface area contributed by atoms with Gasteiger partial charge < -0.3 is 10.0 Å². The van der Waals surface area contributed by atoms with Gasteiger partial charge in [-0.25, -0.2) is 0 Å². The first-order valence-electron chi connectivity index (χ1n) is 5.76.